The molecule has 0 unspecified atom stereocenters. The number of halogens is 1. The van der Waals surface area contributed by atoms with Crippen molar-refractivity contribution in [2.45, 2.75) is 45.2 Å². The molecule has 1 heterocycles. The van der Waals surface area contributed by atoms with E-state index in [1.807, 2.05) is 31.2 Å². The van der Waals surface area contributed by atoms with Gasteiger partial charge in [-0.2, -0.15) is 0 Å². The molecule has 1 atom stereocenters. The van der Waals surface area contributed by atoms with Crippen LogP contribution in [0.5, 0.6) is 0 Å². The standard InChI is InChI=1S/C24H29ClN4O3/c1-16-5-3-4-6-18(16)15-22(26-17(2)30)23(31)27-21-11-13-29(14-12-21)24(32)28-20-9-7-19(25)8-10-20/h3-10,21-22H,11-15H2,1-2H3,(H,26,30)(H,27,31)(H,28,32)/t22-/m1/s1. The van der Waals surface area contributed by atoms with E-state index in [1.54, 1.807) is 29.2 Å². The van der Waals surface area contributed by atoms with Crippen LogP contribution >= 0.6 is 11.6 Å². The molecular weight excluding hydrogens is 428 g/mol. The molecule has 0 saturated carbocycles. The Kier molecular flexibility index (Phi) is 8.11. The lowest BCUT2D eigenvalue weighted by Crippen LogP contribution is -2.53. The molecule has 2 aromatic rings. The van der Waals surface area contributed by atoms with E-state index in [0.29, 0.717) is 43.1 Å². The van der Waals surface area contributed by atoms with E-state index in [2.05, 4.69) is 16.0 Å². The summed E-state index contributed by atoms with van der Waals surface area (Å²) >= 11 is 5.88. The fourth-order valence-electron chi connectivity index (χ4n) is 3.78. The molecule has 0 bridgehead atoms. The summed E-state index contributed by atoms with van der Waals surface area (Å²) < 4.78 is 0. The molecule has 4 amide bonds. The third-order valence-electron chi connectivity index (χ3n) is 5.60. The van der Waals surface area contributed by atoms with E-state index in [-0.39, 0.29) is 23.9 Å². The Morgan fingerprint density at radius 2 is 1.72 bits per heavy atom. The zero-order chi connectivity index (χ0) is 23.1. The predicted molar refractivity (Wildman–Crippen MR) is 126 cm³/mol. The highest BCUT2D eigenvalue weighted by molar-refractivity contribution is 6.30. The number of amides is 4. The van der Waals surface area contributed by atoms with Gasteiger partial charge in [0.1, 0.15) is 6.04 Å². The number of carbonyl (C=O) groups excluding carboxylic acids is 3. The number of hydrogen-bond acceptors (Lipinski definition) is 3. The summed E-state index contributed by atoms with van der Waals surface area (Å²) in [4.78, 5) is 38.8. The van der Waals surface area contributed by atoms with Crippen molar-refractivity contribution in [3.63, 3.8) is 0 Å². The monoisotopic (exact) mass is 456 g/mol. The van der Waals surface area contributed by atoms with Crippen molar-refractivity contribution in [1.82, 2.24) is 15.5 Å². The first-order chi connectivity index (χ1) is 15.3. The number of aryl methyl sites for hydroxylation is 1. The van der Waals surface area contributed by atoms with Crippen LogP contribution in [0.4, 0.5) is 10.5 Å². The summed E-state index contributed by atoms with van der Waals surface area (Å²) in [6.45, 7) is 4.47. The van der Waals surface area contributed by atoms with E-state index in [0.717, 1.165) is 11.1 Å². The lowest BCUT2D eigenvalue weighted by molar-refractivity contribution is -0.128. The summed E-state index contributed by atoms with van der Waals surface area (Å²) in [7, 11) is 0. The highest BCUT2D eigenvalue weighted by Crippen LogP contribution is 2.17. The summed E-state index contributed by atoms with van der Waals surface area (Å²) in [5.74, 6) is -0.444. The van der Waals surface area contributed by atoms with Crippen LogP contribution < -0.4 is 16.0 Å². The van der Waals surface area contributed by atoms with Crippen LogP contribution in [0.25, 0.3) is 0 Å². The van der Waals surface area contributed by atoms with Crippen LogP contribution in [0.2, 0.25) is 5.02 Å². The second-order valence-corrected chi connectivity index (χ2v) is 8.53. The fraction of sp³-hybridized carbons (Fsp3) is 0.375. The van der Waals surface area contributed by atoms with E-state index >= 15 is 0 Å². The zero-order valence-electron chi connectivity index (χ0n) is 18.4. The molecule has 3 N–H and O–H groups in total. The molecule has 32 heavy (non-hydrogen) atoms. The van der Waals surface area contributed by atoms with Crippen molar-refractivity contribution in [2.75, 3.05) is 18.4 Å². The van der Waals surface area contributed by atoms with Crippen molar-refractivity contribution in [3.8, 4) is 0 Å². The van der Waals surface area contributed by atoms with Crippen LogP contribution in [0.3, 0.4) is 0 Å². The summed E-state index contributed by atoms with van der Waals surface area (Å²) in [6, 6.07) is 13.9. The first-order valence-corrected chi connectivity index (χ1v) is 11.1. The number of urea groups is 1. The van der Waals surface area contributed by atoms with Gasteiger partial charge in [0.2, 0.25) is 11.8 Å². The van der Waals surface area contributed by atoms with Crippen LogP contribution in [0.1, 0.15) is 30.9 Å². The van der Waals surface area contributed by atoms with Crippen LogP contribution in [-0.2, 0) is 16.0 Å². The maximum Gasteiger partial charge on any atom is 0.321 e. The quantitative estimate of drug-likeness (QED) is 0.621. The van der Waals surface area contributed by atoms with Gasteiger partial charge in [-0.15, -0.1) is 0 Å². The average molecular weight is 457 g/mol. The Morgan fingerprint density at radius 3 is 2.34 bits per heavy atom. The number of nitrogens with one attached hydrogen (secondary N) is 3. The third kappa shape index (κ3) is 6.72. The molecule has 8 heteroatoms. The first kappa shape index (κ1) is 23.6. The second-order valence-electron chi connectivity index (χ2n) is 8.09. The normalized spacial score (nSPS) is 15.0. The van der Waals surface area contributed by atoms with Crippen molar-refractivity contribution < 1.29 is 14.4 Å². The van der Waals surface area contributed by atoms with Crippen molar-refractivity contribution in [2.24, 2.45) is 0 Å². The van der Waals surface area contributed by atoms with Crippen LogP contribution in [-0.4, -0.2) is 47.9 Å². The summed E-state index contributed by atoms with van der Waals surface area (Å²) in [6.07, 6.45) is 1.73. The summed E-state index contributed by atoms with van der Waals surface area (Å²) in [5, 5.41) is 9.29. The minimum Gasteiger partial charge on any atom is -0.351 e. The topological polar surface area (TPSA) is 90.5 Å². The largest absolute Gasteiger partial charge is 0.351 e. The fourth-order valence-corrected chi connectivity index (χ4v) is 3.90. The van der Waals surface area contributed by atoms with Crippen molar-refractivity contribution in [1.29, 1.82) is 0 Å². The lowest BCUT2D eigenvalue weighted by Gasteiger charge is -2.33. The minimum absolute atomic E-state index is 0.0461. The molecule has 0 radical (unpaired) electrons. The van der Waals surface area contributed by atoms with Gasteiger partial charge in [-0.3, -0.25) is 9.59 Å². The zero-order valence-corrected chi connectivity index (χ0v) is 19.1. The number of nitrogens with zero attached hydrogens (tertiary/aromatic N) is 1. The SMILES string of the molecule is CC(=O)N[C@H](Cc1ccccc1C)C(=O)NC1CCN(C(=O)Nc2ccc(Cl)cc2)CC1. The second kappa shape index (κ2) is 11.0. The molecule has 2 aromatic carbocycles. The molecule has 0 aromatic heterocycles. The van der Waals surface area contributed by atoms with Crippen molar-refractivity contribution >= 4 is 35.1 Å². The third-order valence-corrected chi connectivity index (χ3v) is 5.86. The Hall–Kier alpha value is -3.06. The van der Waals surface area contributed by atoms with Gasteiger partial charge in [0, 0.05) is 43.2 Å². The van der Waals surface area contributed by atoms with Gasteiger partial charge in [0.25, 0.3) is 0 Å². The molecule has 1 fully saturated rings. The molecule has 170 valence electrons. The number of hydrogen-bond donors (Lipinski definition) is 3. The van der Waals surface area contributed by atoms with Gasteiger partial charge in [0.05, 0.1) is 0 Å². The van der Waals surface area contributed by atoms with E-state index in [1.165, 1.54) is 6.92 Å². The van der Waals surface area contributed by atoms with Crippen molar-refractivity contribution in [3.05, 3.63) is 64.7 Å². The molecule has 3 rings (SSSR count). The molecule has 0 aliphatic carbocycles. The molecular formula is C24H29ClN4O3. The number of rotatable bonds is 6. The number of piperidine rings is 1. The first-order valence-electron chi connectivity index (χ1n) is 10.8. The maximum absolute atomic E-state index is 12.9. The van der Waals surface area contributed by atoms with E-state index in [9.17, 15) is 14.4 Å². The highest BCUT2D eigenvalue weighted by atomic mass is 35.5. The van der Waals surface area contributed by atoms with Gasteiger partial charge in [-0.05, 0) is 55.2 Å². The molecule has 1 saturated heterocycles. The number of carbonyl (C=O) groups is 3. The number of anilines is 1. The van der Waals surface area contributed by atoms with Crippen LogP contribution in [0.15, 0.2) is 48.5 Å². The van der Waals surface area contributed by atoms with E-state index in [4.69, 9.17) is 11.6 Å². The molecule has 0 spiro atoms. The number of likely N-dealkylation sites (tertiary alicyclic amines) is 1. The Balaban J connectivity index is 1.52. The Bertz CT molecular complexity index is 956. The smallest absolute Gasteiger partial charge is 0.321 e. The summed E-state index contributed by atoms with van der Waals surface area (Å²) in [5.41, 5.74) is 2.79. The van der Waals surface area contributed by atoms with Gasteiger partial charge in [0.15, 0.2) is 0 Å². The minimum atomic E-state index is -0.639. The highest BCUT2D eigenvalue weighted by Gasteiger charge is 2.27. The van der Waals surface area contributed by atoms with Gasteiger partial charge in [-0.1, -0.05) is 35.9 Å². The van der Waals surface area contributed by atoms with Gasteiger partial charge < -0.3 is 20.9 Å². The predicted octanol–water partition coefficient (Wildman–Crippen LogP) is 3.51. The van der Waals surface area contributed by atoms with Gasteiger partial charge >= 0.3 is 6.03 Å². The molecule has 1 aliphatic rings. The average Bonchev–Trinajstić information content (AvgIpc) is 2.76. The van der Waals surface area contributed by atoms with Gasteiger partial charge in [-0.25, -0.2) is 4.79 Å². The maximum atomic E-state index is 12.9. The Labute approximate surface area is 193 Å². The number of benzene rings is 2. The Morgan fingerprint density at radius 1 is 1.06 bits per heavy atom. The van der Waals surface area contributed by atoms with Crippen LogP contribution in [0, 0.1) is 6.92 Å². The van der Waals surface area contributed by atoms with E-state index < -0.39 is 6.04 Å². The lowest BCUT2D eigenvalue weighted by atomic mass is 9.99. The molecule has 1 aliphatic heterocycles. The molecule has 7 nitrogen and oxygen atoms in total.